The number of nitrogens with zero attached hydrogens (tertiary/aromatic N) is 3. The standard InChI is InChI=1S/C33H42N4O4/c1-3-4-5-6-7-8-19-41-29-15-13-25(14-16-29)28-21-35-31(36-22-28)26-11-9-24(10-12-26)20-30(34-2)32(38)37-18-17-27(23-37)33(39)40/h9-16,21-22,27,30,34H,3-8,17-20,23H2,1-2H3,(H,39,40)/t27-,30-/m0/s1. The minimum atomic E-state index is -0.839. The minimum Gasteiger partial charge on any atom is -0.494 e. The lowest BCUT2D eigenvalue weighted by atomic mass is 10.0. The molecule has 2 aromatic carbocycles. The van der Waals surface area contributed by atoms with Crippen molar-refractivity contribution >= 4 is 11.9 Å². The van der Waals surface area contributed by atoms with Crippen LogP contribution in [0, 0.1) is 5.92 Å². The largest absolute Gasteiger partial charge is 0.494 e. The van der Waals surface area contributed by atoms with Gasteiger partial charge in [0.1, 0.15) is 5.75 Å². The fourth-order valence-electron chi connectivity index (χ4n) is 5.16. The van der Waals surface area contributed by atoms with Crippen LogP contribution in [0.2, 0.25) is 0 Å². The summed E-state index contributed by atoms with van der Waals surface area (Å²) in [6.07, 6.45) is 12.2. The number of nitrogens with one attached hydrogen (secondary N) is 1. The van der Waals surface area contributed by atoms with Gasteiger partial charge >= 0.3 is 5.97 Å². The number of carboxylic acid groups (broad SMARTS) is 1. The average Bonchev–Trinajstić information content (AvgIpc) is 3.51. The molecule has 1 fully saturated rings. The molecule has 8 heteroatoms. The molecule has 1 aliphatic rings. The van der Waals surface area contributed by atoms with E-state index in [1.165, 1.54) is 32.1 Å². The topological polar surface area (TPSA) is 105 Å². The maximum Gasteiger partial charge on any atom is 0.308 e. The Kier molecular flexibility index (Phi) is 11.3. The number of amides is 1. The Hall–Kier alpha value is -3.78. The number of ether oxygens (including phenoxy) is 1. The van der Waals surface area contributed by atoms with Gasteiger partial charge in [-0.3, -0.25) is 9.59 Å². The molecule has 41 heavy (non-hydrogen) atoms. The van der Waals surface area contributed by atoms with Crippen molar-refractivity contribution in [2.45, 2.75) is 64.3 Å². The number of benzene rings is 2. The zero-order valence-corrected chi connectivity index (χ0v) is 24.2. The molecule has 0 saturated carbocycles. The molecule has 0 unspecified atom stereocenters. The van der Waals surface area contributed by atoms with Crippen molar-refractivity contribution in [2.24, 2.45) is 5.92 Å². The van der Waals surface area contributed by atoms with Crippen molar-refractivity contribution in [3.8, 4) is 28.3 Å². The first kappa shape index (κ1) is 30.2. The fraction of sp³-hybridized carbons (Fsp3) is 0.455. The summed E-state index contributed by atoms with van der Waals surface area (Å²) in [6.45, 7) is 3.74. The Morgan fingerprint density at radius 3 is 2.24 bits per heavy atom. The molecular formula is C33H42N4O4. The van der Waals surface area contributed by atoms with E-state index in [9.17, 15) is 14.7 Å². The molecule has 0 aliphatic carbocycles. The fourth-order valence-corrected chi connectivity index (χ4v) is 5.16. The molecule has 2 N–H and O–H groups in total. The van der Waals surface area contributed by atoms with Gasteiger partial charge in [-0.2, -0.15) is 0 Å². The number of aliphatic carboxylic acids is 1. The lowest BCUT2D eigenvalue weighted by Crippen LogP contribution is -2.45. The van der Waals surface area contributed by atoms with Crippen LogP contribution in [0.1, 0.15) is 57.4 Å². The van der Waals surface area contributed by atoms with E-state index in [1.807, 2.05) is 60.9 Å². The van der Waals surface area contributed by atoms with Crippen LogP contribution in [0.4, 0.5) is 0 Å². The predicted molar refractivity (Wildman–Crippen MR) is 161 cm³/mol. The third-order valence-corrected chi connectivity index (χ3v) is 7.75. The number of carbonyl (C=O) groups is 2. The van der Waals surface area contributed by atoms with E-state index in [0.29, 0.717) is 25.2 Å². The number of rotatable bonds is 15. The van der Waals surface area contributed by atoms with Crippen molar-refractivity contribution < 1.29 is 19.4 Å². The van der Waals surface area contributed by atoms with E-state index in [2.05, 4.69) is 22.2 Å². The summed E-state index contributed by atoms with van der Waals surface area (Å²) in [5.41, 5.74) is 3.88. The van der Waals surface area contributed by atoms with Gasteiger partial charge in [-0.05, 0) is 49.6 Å². The van der Waals surface area contributed by atoms with Gasteiger partial charge in [0.2, 0.25) is 5.91 Å². The smallest absolute Gasteiger partial charge is 0.308 e. The molecule has 1 aliphatic heterocycles. The summed E-state index contributed by atoms with van der Waals surface area (Å²) in [5.74, 6) is 0.143. The van der Waals surface area contributed by atoms with Crippen molar-refractivity contribution in [1.82, 2.24) is 20.2 Å². The summed E-state index contributed by atoms with van der Waals surface area (Å²) in [7, 11) is 1.76. The quantitative estimate of drug-likeness (QED) is 0.234. The van der Waals surface area contributed by atoms with E-state index in [1.54, 1.807) is 11.9 Å². The molecule has 2 atom stereocenters. The van der Waals surface area contributed by atoms with Gasteiger partial charge in [0.15, 0.2) is 5.82 Å². The van der Waals surface area contributed by atoms with Crippen LogP contribution in [0.5, 0.6) is 5.75 Å². The average molecular weight is 559 g/mol. The number of carbonyl (C=O) groups excluding carboxylic acids is 1. The van der Waals surface area contributed by atoms with E-state index in [-0.39, 0.29) is 12.5 Å². The number of carboxylic acids is 1. The molecule has 1 amide bonds. The van der Waals surface area contributed by atoms with Gasteiger partial charge < -0.3 is 20.1 Å². The lowest BCUT2D eigenvalue weighted by Gasteiger charge is -2.23. The van der Waals surface area contributed by atoms with E-state index >= 15 is 0 Å². The first-order chi connectivity index (χ1) is 20.0. The van der Waals surface area contributed by atoms with Crippen molar-refractivity contribution in [1.29, 1.82) is 0 Å². The second-order valence-electron chi connectivity index (χ2n) is 10.8. The third kappa shape index (κ3) is 8.60. The highest BCUT2D eigenvalue weighted by Gasteiger charge is 2.33. The third-order valence-electron chi connectivity index (χ3n) is 7.75. The van der Waals surface area contributed by atoms with Crippen molar-refractivity contribution in [2.75, 3.05) is 26.7 Å². The van der Waals surface area contributed by atoms with Gasteiger partial charge in [-0.1, -0.05) is 75.4 Å². The second-order valence-corrected chi connectivity index (χ2v) is 10.8. The summed E-state index contributed by atoms with van der Waals surface area (Å²) in [6, 6.07) is 15.6. The Morgan fingerprint density at radius 1 is 0.951 bits per heavy atom. The van der Waals surface area contributed by atoms with E-state index in [0.717, 1.165) is 41.0 Å². The van der Waals surface area contributed by atoms with Crippen LogP contribution in [-0.4, -0.2) is 64.6 Å². The van der Waals surface area contributed by atoms with Crippen LogP contribution in [-0.2, 0) is 16.0 Å². The number of hydrogen-bond acceptors (Lipinski definition) is 6. The highest BCUT2D eigenvalue weighted by molar-refractivity contribution is 5.83. The summed E-state index contributed by atoms with van der Waals surface area (Å²) >= 11 is 0. The molecule has 0 radical (unpaired) electrons. The maximum atomic E-state index is 12.9. The molecule has 0 bridgehead atoms. The van der Waals surface area contributed by atoms with Gasteiger partial charge in [0, 0.05) is 36.6 Å². The Bertz CT molecular complexity index is 1250. The Balaban J connectivity index is 1.28. The van der Waals surface area contributed by atoms with Crippen LogP contribution >= 0.6 is 0 Å². The molecule has 8 nitrogen and oxygen atoms in total. The molecular weight excluding hydrogens is 516 g/mol. The number of aromatic nitrogens is 2. The molecule has 4 rings (SSSR count). The van der Waals surface area contributed by atoms with Crippen LogP contribution in [0.3, 0.4) is 0 Å². The normalized spacial score (nSPS) is 15.6. The highest BCUT2D eigenvalue weighted by atomic mass is 16.5. The zero-order chi connectivity index (χ0) is 29.0. The summed E-state index contributed by atoms with van der Waals surface area (Å²) < 4.78 is 5.90. The highest BCUT2D eigenvalue weighted by Crippen LogP contribution is 2.24. The van der Waals surface area contributed by atoms with E-state index < -0.39 is 17.9 Å². The first-order valence-corrected chi connectivity index (χ1v) is 14.8. The Labute approximate surface area is 243 Å². The number of likely N-dealkylation sites (tertiary alicyclic amines) is 1. The summed E-state index contributed by atoms with van der Waals surface area (Å²) in [4.78, 5) is 35.0. The van der Waals surface area contributed by atoms with Gasteiger partial charge in [-0.25, -0.2) is 9.97 Å². The van der Waals surface area contributed by atoms with Crippen LogP contribution < -0.4 is 10.1 Å². The molecule has 1 saturated heterocycles. The van der Waals surface area contributed by atoms with E-state index in [4.69, 9.17) is 4.74 Å². The number of unbranched alkanes of at least 4 members (excludes halogenated alkanes) is 5. The SMILES string of the molecule is CCCCCCCCOc1ccc(-c2cnc(-c3ccc(C[C@H](NC)C(=O)N4CC[C@H](C(=O)O)C4)cc3)nc2)cc1. The van der Waals surface area contributed by atoms with Gasteiger partial charge in [0.05, 0.1) is 18.6 Å². The maximum absolute atomic E-state index is 12.9. The van der Waals surface area contributed by atoms with Crippen LogP contribution in [0.25, 0.3) is 22.5 Å². The Morgan fingerprint density at radius 2 is 1.61 bits per heavy atom. The van der Waals surface area contributed by atoms with Crippen molar-refractivity contribution in [3.63, 3.8) is 0 Å². The number of likely N-dealkylation sites (N-methyl/N-ethyl adjacent to an activating group) is 1. The molecule has 0 spiro atoms. The number of hydrogen-bond donors (Lipinski definition) is 2. The first-order valence-electron chi connectivity index (χ1n) is 14.8. The van der Waals surface area contributed by atoms with Crippen LogP contribution in [0.15, 0.2) is 60.9 Å². The molecule has 218 valence electrons. The van der Waals surface area contributed by atoms with Crippen molar-refractivity contribution in [3.05, 3.63) is 66.5 Å². The monoisotopic (exact) mass is 558 g/mol. The summed E-state index contributed by atoms with van der Waals surface area (Å²) in [5, 5.41) is 12.3. The lowest BCUT2D eigenvalue weighted by molar-refractivity contribution is -0.141. The second kappa shape index (κ2) is 15.3. The predicted octanol–water partition coefficient (Wildman–Crippen LogP) is 5.61. The molecule has 2 heterocycles. The molecule has 3 aromatic rings. The minimum absolute atomic E-state index is 0.0587. The zero-order valence-electron chi connectivity index (χ0n) is 24.2. The van der Waals surface area contributed by atoms with Gasteiger partial charge in [-0.15, -0.1) is 0 Å². The molecule has 1 aromatic heterocycles. The van der Waals surface area contributed by atoms with Gasteiger partial charge in [0.25, 0.3) is 0 Å².